The first kappa shape index (κ1) is 10.3. The van der Waals surface area contributed by atoms with Gasteiger partial charge in [0.15, 0.2) is 0 Å². The van der Waals surface area contributed by atoms with E-state index in [1.54, 1.807) is 0 Å². The van der Waals surface area contributed by atoms with Crippen molar-refractivity contribution >= 4 is 5.97 Å². The smallest absolute Gasteiger partial charge is 0.306 e. The number of aliphatic carboxylic acids is 1. The lowest BCUT2D eigenvalue weighted by Crippen LogP contribution is -2.38. The Kier molecular flexibility index (Phi) is 1.96. The van der Waals surface area contributed by atoms with E-state index < -0.39 is 5.97 Å². The summed E-state index contributed by atoms with van der Waals surface area (Å²) in [6, 6.07) is 0. The Hall–Kier alpha value is -0.610. The molecule has 0 radical (unpaired) electrons. The zero-order valence-corrected chi connectivity index (χ0v) is 9.80. The van der Waals surface area contributed by atoms with Crippen molar-refractivity contribution in [1.29, 1.82) is 0 Å². The fraction of sp³-hybridized carbons (Fsp3) is 0.923. The van der Waals surface area contributed by atoms with Gasteiger partial charge in [-0.25, -0.2) is 0 Å². The third-order valence-corrected chi connectivity index (χ3v) is 5.24. The van der Waals surface area contributed by atoms with E-state index in [9.17, 15) is 4.79 Å². The van der Waals surface area contributed by atoms with Gasteiger partial charge in [0.1, 0.15) is 0 Å². The summed E-state index contributed by atoms with van der Waals surface area (Å²) in [5.41, 5.74) is -0.0851. The molecule has 0 spiro atoms. The highest BCUT2D eigenvalue weighted by molar-refractivity contribution is 5.70. The van der Waals surface area contributed by atoms with Gasteiger partial charge in [-0.05, 0) is 44.4 Å². The van der Waals surface area contributed by atoms with E-state index >= 15 is 0 Å². The van der Waals surface area contributed by atoms with Crippen molar-refractivity contribution in [3.8, 4) is 0 Å². The molecule has 0 aromatic rings. The number of carbonyl (C=O) groups is 1. The number of carboxylic acids is 1. The lowest BCUT2D eigenvalue weighted by atomic mass is 9.70. The van der Waals surface area contributed by atoms with Crippen LogP contribution in [0.15, 0.2) is 0 Å². The molecule has 0 amide bonds. The largest absolute Gasteiger partial charge is 0.481 e. The minimum absolute atomic E-state index is 0.0851. The Labute approximate surface area is 100 Å². The second-order valence-corrected chi connectivity index (χ2v) is 6.10. The maximum absolute atomic E-state index is 11.1. The number of hydrogen-bond donors (Lipinski definition) is 1. The maximum Gasteiger partial charge on any atom is 0.306 e. The molecule has 1 N–H and O–H groups in total. The van der Waals surface area contributed by atoms with Crippen LogP contribution in [0, 0.1) is 11.8 Å². The van der Waals surface area contributed by atoms with Gasteiger partial charge in [-0.1, -0.05) is 0 Å². The molecule has 4 aliphatic rings. The van der Waals surface area contributed by atoms with E-state index in [0.717, 1.165) is 38.5 Å². The molecule has 2 aliphatic carbocycles. The van der Waals surface area contributed by atoms with E-state index in [-0.39, 0.29) is 11.5 Å². The minimum atomic E-state index is -0.644. The summed E-state index contributed by atoms with van der Waals surface area (Å²) in [6.45, 7) is 0. The van der Waals surface area contributed by atoms with Crippen molar-refractivity contribution in [1.82, 2.24) is 0 Å². The lowest BCUT2D eigenvalue weighted by molar-refractivity contribution is -0.143. The molecular weight excluding hydrogens is 220 g/mol. The summed E-state index contributed by atoms with van der Waals surface area (Å²) in [7, 11) is 0. The van der Waals surface area contributed by atoms with Crippen molar-refractivity contribution < 1.29 is 19.4 Å². The van der Waals surface area contributed by atoms with Gasteiger partial charge in [-0.3, -0.25) is 4.79 Å². The zero-order chi connectivity index (χ0) is 11.6. The van der Waals surface area contributed by atoms with Gasteiger partial charge in [0.05, 0.1) is 29.8 Å². The average Bonchev–Trinajstić information content (AvgIpc) is 3.21. The standard InChI is InChI=1S/C13H18O4/c14-12(15)7-1-4-11-13(6-7,17-11)8-2-3-9-10(5-8)16-9/h7-11H,1-6H2,(H,14,15). The molecule has 4 nitrogen and oxygen atoms in total. The predicted molar refractivity (Wildman–Crippen MR) is 58.6 cm³/mol. The Morgan fingerprint density at radius 1 is 1.18 bits per heavy atom. The second-order valence-electron chi connectivity index (χ2n) is 6.10. The molecule has 2 saturated carbocycles. The van der Waals surface area contributed by atoms with Crippen molar-refractivity contribution in [3.05, 3.63) is 0 Å². The van der Waals surface area contributed by atoms with Crippen LogP contribution in [0.5, 0.6) is 0 Å². The first-order valence-corrected chi connectivity index (χ1v) is 6.75. The van der Waals surface area contributed by atoms with Gasteiger partial charge < -0.3 is 14.6 Å². The van der Waals surface area contributed by atoms with Gasteiger partial charge >= 0.3 is 5.97 Å². The van der Waals surface area contributed by atoms with E-state index in [0.29, 0.717) is 24.2 Å². The van der Waals surface area contributed by atoms with Gasteiger partial charge in [0.2, 0.25) is 0 Å². The van der Waals surface area contributed by atoms with E-state index in [1.807, 2.05) is 0 Å². The summed E-state index contributed by atoms with van der Waals surface area (Å²) in [5.74, 6) is -0.292. The molecule has 2 aliphatic heterocycles. The molecule has 6 atom stereocenters. The summed E-state index contributed by atoms with van der Waals surface area (Å²) in [6.07, 6.45) is 7.16. The molecule has 6 unspecified atom stereocenters. The summed E-state index contributed by atoms with van der Waals surface area (Å²) in [5, 5.41) is 9.17. The van der Waals surface area contributed by atoms with Crippen LogP contribution in [-0.2, 0) is 14.3 Å². The highest BCUT2D eigenvalue weighted by Crippen LogP contribution is 2.59. The van der Waals surface area contributed by atoms with Crippen LogP contribution in [0.2, 0.25) is 0 Å². The molecule has 0 aromatic carbocycles. The molecule has 4 heteroatoms. The number of rotatable bonds is 2. The van der Waals surface area contributed by atoms with Crippen LogP contribution in [0.25, 0.3) is 0 Å². The van der Waals surface area contributed by atoms with Crippen molar-refractivity contribution in [2.24, 2.45) is 11.8 Å². The summed E-state index contributed by atoms with van der Waals surface area (Å²) in [4.78, 5) is 11.1. The Bertz CT molecular complexity index is 368. The molecule has 0 aromatic heterocycles. The molecule has 4 rings (SSSR count). The Morgan fingerprint density at radius 2 is 2.06 bits per heavy atom. The topological polar surface area (TPSA) is 62.4 Å². The Morgan fingerprint density at radius 3 is 2.82 bits per heavy atom. The van der Waals surface area contributed by atoms with E-state index in [1.165, 1.54) is 0 Å². The van der Waals surface area contributed by atoms with Crippen LogP contribution in [0.4, 0.5) is 0 Å². The van der Waals surface area contributed by atoms with Gasteiger partial charge in [0.25, 0.3) is 0 Å². The fourth-order valence-corrected chi connectivity index (χ4v) is 4.14. The van der Waals surface area contributed by atoms with Crippen LogP contribution >= 0.6 is 0 Å². The zero-order valence-electron chi connectivity index (χ0n) is 9.80. The van der Waals surface area contributed by atoms with Crippen LogP contribution in [-0.4, -0.2) is 35.0 Å². The number of epoxide rings is 2. The first-order chi connectivity index (χ1) is 8.19. The monoisotopic (exact) mass is 238 g/mol. The number of hydrogen-bond acceptors (Lipinski definition) is 3. The number of carboxylic acid groups (broad SMARTS) is 1. The molecule has 94 valence electrons. The quantitative estimate of drug-likeness (QED) is 0.742. The summed E-state index contributed by atoms with van der Waals surface area (Å²) < 4.78 is 11.5. The first-order valence-electron chi connectivity index (χ1n) is 6.75. The Balaban J connectivity index is 1.50. The van der Waals surface area contributed by atoms with Crippen LogP contribution in [0.1, 0.15) is 38.5 Å². The van der Waals surface area contributed by atoms with Crippen molar-refractivity contribution in [2.75, 3.05) is 0 Å². The van der Waals surface area contributed by atoms with Gasteiger partial charge in [-0.15, -0.1) is 0 Å². The average molecular weight is 238 g/mol. The summed E-state index contributed by atoms with van der Waals surface area (Å²) >= 11 is 0. The highest BCUT2D eigenvalue weighted by Gasteiger charge is 2.66. The van der Waals surface area contributed by atoms with Crippen LogP contribution < -0.4 is 0 Å². The van der Waals surface area contributed by atoms with Gasteiger partial charge in [0, 0.05) is 0 Å². The minimum Gasteiger partial charge on any atom is -0.481 e. The molecule has 4 fully saturated rings. The molecule has 17 heavy (non-hydrogen) atoms. The SMILES string of the molecule is O=C(O)C1CCC2OC2(C2CCC3OC3C2)C1. The van der Waals surface area contributed by atoms with Gasteiger partial charge in [-0.2, -0.15) is 0 Å². The van der Waals surface area contributed by atoms with E-state index in [4.69, 9.17) is 14.6 Å². The number of fused-ring (bicyclic) bond motifs is 2. The lowest BCUT2D eigenvalue weighted by Gasteiger charge is -2.31. The number of ether oxygens (including phenoxy) is 2. The molecular formula is C13H18O4. The van der Waals surface area contributed by atoms with Crippen molar-refractivity contribution in [2.45, 2.75) is 62.4 Å². The molecule has 0 bridgehead atoms. The predicted octanol–water partition coefficient (Wildman–Crippen LogP) is 1.58. The third kappa shape index (κ3) is 1.47. The molecule has 2 saturated heterocycles. The fourth-order valence-electron chi connectivity index (χ4n) is 4.14. The van der Waals surface area contributed by atoms with Crippen LogP contribution in [0.3, 0.4) is 0 Å². The highest BCUT2D eigenvalue weighted by atomic mass is 16.6. The van der Waals surface area contributed by atoms with Crippen molar-refractivity contribution in [3.63, 3.8) is 0 Å². The van der Waals surface area contributed by atoms with E-state index in [2.05, 4.69) is 0 Å². The maximum atomic E-state index is 11.1. The second kappa shape index (κ2) is 3.23. The molecule has 2 heterocycles. The normalized spacial score (nSPS) is 55.6. The third-order valence-electron chi connectivity index (χ3n) is 5.24.